The van der Waals surface area contributed by atoms with E-state index in [1.807, 2.05) is 78.9 Å². The largest absolute Gasteiger partial charge is 1.00 e. The van der Waals surface area contributed by atoms with Gasteiger partial charge in [-0.1, -0.05) is 236 Å². The second-order valence-corrected chi connectivity index (χ2v) is 43.1. The van der Waals surface area contributed by atoms with Crippen molar-refractivity contribution >= 4 is 471 Å². The third kappa shape index (κ3) is 20.5. The van der Waals surface area contributed by atoms with E-state index in [-0.39, 0.29) is 78.3 Å². The van der Waals surface area contributed by atoms with Gasteiger partial charge in [0.2, 0.25) is 6.71 Å². The summed E-state index contributed by atoms with van der Waals surface area (Å²) in [5.41, 5.74) is 19.6. The fourth-order valence-electron chi connectivity index (χ4n) is 20.4. The van der Waals surface area contributed by atoms with Crippen molar-refractivity contribution in [3.05, 3.63) is 315 Å². The van der Waals surface area contributed by atoms with Gasteiger partial charge in [-0.2, -0.15) is 76.9 Å². The fourth-order valence-corrected chi connectivity index (χ4v) is 31.5. The molecule has 53 heteroatoms. The van der Waals surface area contributed by atoms with Gasteiger partial charge in [-0.3, -0.25) is 0 Å². The number of hydrogen-bond donors (Lipinski definition) is 0. The number of hydrogen-bond acceptors (Lipinski definition) is 2. The van der Waals surface area contributed by atoms with Crippen LogP contribution in [0.1, 0.15) is 14.9 Å². The van der Waals surface area contributed by atoms with Crippen LogP contribution in [0.25, 0.3) is 0 Å². The molecule has 0 atom stereocenters. The number of para-hydroxylation sites is 3. The Hall–Kier alpha value is -4.27. The van der Waals surface area contributed by atoms with Gasteiger partial charge in [0.25, 0.3) is 6.71 Å². The molecule has 5 aliphatic heterocycles. The van der Waals surface area contributed by atoms with Gasteiger partial charge in [0.1, 0.15) is 11.8 Å². The smallest absolute Gasteiger partial charge is 0.344 e. The van der Waals surface area contributed by atoms with Crippen LogP contribution in [-0.2, 0) is 0 Å². The van der Waals surface area contributed by atoms with Crippen molar-refractivity contribution in [2.24, 2.45) is 0 Å². The molecule has 0 saturated carbocycles. The first-order chi connectivity index (χ1) is 59.1. The molecule has 1 aliphatic carbocycles. The summed E-state index contributed by atoms with van der Waals surface area (Å²) in [6.07, 6.45) is -10.5. The second kappa shape index (κ2) is 45.8. The van der Waals surface area contributed by atoms with Crippen LogP contribution < -0.4 is 128 Å². The van der Waals surface area contributed by atoms with E-state index in [0.717, 1.165) is 32.4 Å². The number of anilines is 5. The van der Waals surface area contributed by atoms with Gasteiger partial charge in [-0.25, -0.2) is 0 Å². The normalized spacial score (nSPS) is 13.0. The van der Waals surface area contributed by atoms with Gasteiger partial charge in [0, 0.05) is 311 Å². The molecule has 5 heterocycles. The van der Waals surface area contributed by atoms with Crippen molar-refractivity contribution in [3.63, 3.8) is 0 Å². The zero-order valence-corrected chi connectivity index (χ0v) is 74.9. The van der Waals surface area contributed by atoms with Crippen LogP contribution in [0.5, 0.6) is 0 Å². The molecular formula is C74H55B43Cl4Li2N2Si2+. The zero-order chi connectivity index (χ0) is 87.6. The average molecular weight is 1650 g/mol. The standard InChI is InChI=1S/C36H24B2ClNSi.C24H15BN.C12H8BCl3Si.2CH4.B39.2Li/c39-38-28-17-6-10-22-33(28)41(34-23-11-7-18-29(34)38)32-21-9-5-16-27(32)37-26-15-4-8-19-30(26)40(25-13-2-1-3-14-25)31-20-12-24-35(41)36(31)37;1-3-11-19(12-4-1)25-21-15-7-9-17-23(21)26(20-13-5-2-6-14-20)24-18-10-8-16-22(24)25;14-13-9-5-1-3-7-11(9)17(15,16)12-8-4-2-6-10(12)13;;;1-21-31(20)36(30(18)19)39(37(32(22(2)3)23(4)5)33(24(6)7)25(8)9)38(34(26(10)11)27(12)13)35(28(14)15)29(16)17;;/h1-24H;1-7,9-11,13-14,16-18H;1-8H;2*1H4;;;/q;-1;;;;;2*+1. The van der Waals surface area contributed by atoms with Gasteiger partial charge < -0.3 is 9.80 Å². The van der Waals surface area contributed by atoms with E-state index in [9.17, 15) is 0 Å². The van der Waals surface area contributed by atoms with Crippen LogP contribution in [0.4, 0.5) is 28.4 Å². The molecule has 41 radical (unpaired) electrons. The average Bonchev–Trinajstić information content (AvgIpc) is 0.666. The van der Waals surface area contributed by atoms with Gasteiger partial charge in [0.05, 0.1) is 12.2 Å². The number of benzene rings is 11. The first-order valence-corrected chi connectivity index (χ1v) is 47.9. The van der Waals surface area contributed by atoms with Crippen molar-refractivity contribution in [2.75, 3.05) is 9.80 Å². The molecule has 0 aromatic heterocycles. The molecule has 11 aromatic rings. The molecule has 11 aromatic carbocycles. The molecule has 0 N–H and O–H groups in total. The minimum atomic E-state index is -2.71. The zero-order valence-electron chi connectivity index (χ0n) is 69.9. The van der Waals surface area contributed by atoms with Crippen molar-refractivity contribution < 1.29 is 37.7 Å². The number of nitrogens with zero attached hydrogens (tertiary/aromatic N) is 2. The van der Waals surface area contributed by atoms with Gasteiger partial charge >= 0.3 is 56.7 Å². The first kappa shape index (κ1) is 105. The molecule has 0 unspecified atom stereocenters. The van der Waals surface area contributed by atoms with Crippen LogP contribution >= 0.6 is 45.1 Å². The summed E-state index contributed by atoms with van der Waals surface area (Å²) in [6, 6.07) is 102. The van der Waals surface area contributed by atoms with Crippen molar-refractivity contribution in [3.8, 4) is 0 Å². The summed E-state index contributed by atoms with van der Waals surface area (Å²) in [7, 11) is 123. The molecule has 17 rings (SSSR count). The minimum Gasteiger partial charge on any atom is -0.344 e. The number of halogens is 4. The summed E-state index contributed by atoms with van der Waals surface area (Å²) >= 11 is 27.1. The molecular weight excluding hydrogens is 1590 g/mol. The summed E-state index contributed by atoms with van der Waals surface area (Å²) in [4.78, 5) is 4.79. The SMILES string of the molecule is C.C.ClB1c2ccccc2[Si](Cl)(Cl)c2ccccc21.ClB1c2ccccc2[Si]2(c3ccccc31)c1ccccc1B1c3ccccc3N(c3ccccc3)c3cccc2c31.[B][B]B([B])B(B([B])[B])B(B(B(B([B])[B])B([B])[B])B(B([B])[B])B([B])[B])B(B(B([B])[B])B([B])[B])B(B([B])[B])B([B])[B].[C+]1=CC2=C(C=C1)N(c1ccccc1)c1ccc[c-]c1B2c1[c-]cccc1.[Li+].[Li+]. The Bertz CT molecular complexity index is 5330. The van der Waals surface area contributed by atoms with Gasteiger partial charge in [-0.05, 0) is 78.4 Å². The van der Waals surface area contributed by atoms with E-state index in [2.05, 4.69) is 234 Å². The number of allylic oxidation sites excluding steroid dienone is 5. The third-order valence-electron chi connectivity index (χ3n) is 25.3. The Balaban J connectivity index is 0.000000182. The van der Waals surface area contributed by atoms with Gasteiger partial charge in [-0.15, -0.1) is 33.7 Å². The van der Waals surface area contributed by atoms with E-state index in [1.165, 1.54) is 94.5 Å². The van der Waals surface area contributed by atoms with E-state index in [0.29, 0.717) is 0 Å². The van der Waals surface area contributed by atoms with Crippen LogP contribution in [0, 0.1) is 18.2 Å². The first-order valence-electron chi connectivity index (χ1n) is 41.0. The molecule has 0 bridgehead atoms. The molecule has 0 amide bonds. The van der Waals surface area contributed by atoms with Gasteiger partial charge in [0.15, 0.2) is 8.07 Å². The monoisotopic (exact) mass is 1650 g/mol. The maximum atomic E-state index is 7.32. The molecule has 527 valence electrons. The van der Waals surface area contributed by atoms with Crippen molar-refractivity contribution in [1.82, 2.24) is 0 Å². The summed E-state index contributed by atoms with van der Waals surface area (Å²) in [5, 5.41) is 7.84. The topological polar surface area (TPSA) is 6.48 Å². The van der Waals surface area contributed by atoms with E-state index in [4.69, 9.17) is 200 Å². The van der Waals surface area contributed by atoms with Crippen molar-refractivity contribution in [2.45, 2.75) is 14.9 Å². The number of rotatable bonds is 21. The third-order valence-corrected chi connectivity index (χ3v) is 36.0. The molecule has 127 heavy (non-hydrogen) atoms. The maximum Gasteiger partial charge on any atom is 1.00 e. The van der Waals surface area contributed by atoms with E-state index >= 15 is 0 Å². The molecule has 0 fully saturated rings. The van der Waals surface area contributed by atoms with E-state index in [1.54, 1.807) is 0 Å². The summed E-state index contributed by atoms with van der Waals surface area (Å²) in [6.45, 7) is -2.34. The predicted octanol–water partition coefficient (Wildman–Crippen LogP) is -12.1. The van der Waals surface area contributed by atoms with Crippen molar-refractivity contribution in [1.29, 1.82) is 0 Å². The summed E-state index contributed by atoms with van der Waals surface area (Å²) in [5.74, 6) is 0. The van der Waals surface area contributed by atoms with Crippen LogP contribution in [0.3, 0.4) is 0 Å². The van der Waals surface area contributed by atoms with Crippen LogP contribution in [-0.4, -0.2) is 317 Å². The Kier molecular flexibility index (Phi) is 37.8. The van der Waals surface area contributed by atoms with Crippen LogP contribution in [0.15, 0.2) is 296 Å². The van der Waals surface area contributed by atoms with E-state index < -0.39 is 130 Å². The Morgan fingerprint density at radius 3 is 1.13 bits per heavy atom. The molecule has 6 aliphatic rings. The maximum absolute atomic E-state index is 7.32. The minimum absolute atomic E-state index is 0. The number of fused-ring (bicyclic) bond motifs is 13. The quantitative estimate of drug-likeness (QED) is 0.0402. The molecule has 0 saturated heterocycles. The summed E-state index contributed by atoms with van der Waals surface area (Å²) < 4.78 is 0. The Morgan fingerprint density at radius 2 is 0.693 bits per heavy atom. The second-order valence-electron chi connectivity index (χ2n) is 32.3. The molecule has 1 spiro atoms. The fraction of sp³-hybridized carbons (Fsp3) is 0.0270. The Morgan fingerprint density at radius 1 is 0.339 bits per heavy atom. The van der Waals surface area contributed by atoms with Crippen LogP contribution in [0.2, 0.25) is 0 Å². The molecule has 2 nitrogen and oxygen atoms in total. The Labute approximate surface area is 839 Å². The predicted molar refractivity (Wildman–Crippen MR) is 607 cm³/mol.